The van der Waals surface area contributed by atoms with E-state index in [-0.39, 0.29) is 17.0 Å². The van der Waals surface area contributed by atoms with Gasteiger partial charge in [0.25, 0.3) is 0 Å². The summed E-state index contributed by atoms with van der Waals surface area (Å²) in [7, 11) is -3.53. The maximum absolute atomic E-state index is 12.9. The predicted octanol–water partition coefficient (Wildman–Crippen LogP) is 3.18. The van der Waals surface area contributed by atoms with Crippen molar-refractivity contribution in [1.82, 2.24) is 4.31 Å². The molecule has 0 spiro atoms. The molecule has 0 radical (unpaired) electrons. The van der Waals surface area contributed by atoms with E-state index in [4.69, 9.17) is 17.3 Å². The summed E-state index contributed by atoms with van der Waals surface area (Å²) >= 11 is 6.01. The molecule has 1 fully saturated rings. The second kappa shape index (κ2) is 5.54. The summed E-state index contributed by atoms with van der Waals surface area (Å²) in [4.78, 5) is 0.234. The van der Waals surface area contributed by atoms with Crippen molar-refractivity contribution in [2.45, 2.75) is 57.0 Å². The molecule has 4 nitrogen and oxygen atoms in total. The first-order chi connectivity index (χ1) is 9.25. The molecular weight excluding hydrogens is 296 g/mol. The number of nitrogens with two attached hydrogens (primary N) is 1. The van der Waals surface area contributed by atoms with Gasteiger partial charge in [0, 0.05) is 12.1 Å². The Kier molecular flexibility index (Phi) is 4.33. The minimum absolute atomic E-state index is 0.0148. The maximum atomic E-state index is 12.9. The van der Waals surface area contributed by atoms with Gasteiger partial charge in [0.2, 0.25) is 10.0 Å². The van der Waals surface area contributed by atoms with E-state index in [0.29, 0.717) is 16.3 Å². The molecule has 0 amide bonds. The van der Waals surface area contributed by atoms with Crippen LogP contribution in [0.4, 0.5) is 5.69 Å². The second-order valence-corrected chi connectivity index (χ2v) is 7.83. The molecule has 1 aromatic rings. The van der Waals surface area contributed by atoms with E-state index >= 15 is 0 Å². The minimum Gasteiger partial charge on any atom is -0.397 e. The van der Waals surface area contributed by atoms with Crippen molar-refractivity contribution in [3.05, 3.63) is 22.7 Å². The van der Waals surface area contributed by atoms with E-state index in [0.717, 1.165) is 19.3 Å². The summed E-state index contributed by atoms with van der Waals surface area (Å²) in [6, 6.07) is 3.09. The zero-order valence-electron chi connectivity index (χ0n) is 12.1. The highest BCUT2D eigenvalue weighted by Crippen LogP contribution is 2.33. The summed E-state index contributed by atoms with van der Waals surface area (Å²) in [6.07, 6.45) is 2.85. The number of benzene rings is 1. The Balaban J connectivity index is 2.49. The molecule has 1 heterocycles. The summed E-state index contributed by atoms with van der Waals surface area (Å²) in [6.45, 7) is 5.68. The van der Waals surface area contributed by atoms with Crippen LogP contribution in [0, 0.1) is 6.92 Å². The predicted molar refractivity (Wildman–Crippen MR) is 82.4 cm³/mol. The van der Waals surface area contributed by atoms with Gasteiger partial charge in [0.1, 0.15) is 0 Å². The molecule has 20 heavy (non-hydrogen) atoms. The van der Waals surface area contributed by atoms with Crippen LogP contribution in [0.15, 0.2) is 17.0 Å². The van der Waals surface area contributed by atoms with E-state index in [1.807, 2.05) is 13.8 Å². The van der Waals surface area contributed by atoms with Crippen LogP contribution in [0.3, 0.4) is 0 Å². The zero-order chi connectivity index (χ0) is 15.1. The van der Waals surface area contributed by atoms with E-state index in [9.17, 15) is 8.42 Å². The van der Waals surface area contributed by atoms with Crippen LogP contribution in [0.1, 0.15) is 38.7 Å². The van der Waals surface area contributed by atoms with Crippen molar-refractivity contribution < 1.29 is 8.42 Å². The molecular formula is C14H21ClN2O2S. The first kappa shape index (κ1) is 15.6. The lowest BCUT2D eigenvalue weighted by atomic mass is 10.0. The zero-order valence-corrected chi connectivity index (χ0v) is 13.6. The molecule has 0 saturated carbocycles. The molecule has 0 aromatic heterocycles. The number of halogens is 1. The topological polar surface area (TPSA) is 63.4 Å². The van der Waals surface area contributed by atoms with E-state index in [1.54, 1.807) is 17.3 Å². The fourth-order valence-electron chi connectivity index (χ4n) is 2.90. The van der Waals surface area contributed by atoms with Gasteiger partial charge in [-0.2, -0.15) is 4.31 Å². The molecule has 6 heteroatoms. The Bertz CT molecular complexity index is 583. The molecule has 1 aliphatic rings. The number of sulfonamides is 1. The van der Waals surface area contributed by atoms with E-state index in [1.165, 1.54) is 6.07 Å². The van der Waals surface area contributed by atoms with Crippen LogP contribution in [0.25, 0.3) is 0 Å². The first-order valence-electron chi connectivity index (χ1n) is 6.84. The number of hydrogen-bond acceptors (Lipinski definition) is 3. The smallest absolute Gasteiger partial charge is 0.243 e. The Labute approximate surface area is 126 Å². The lowest BCUT2D eigenvalue weighted by molar-refractivity contribution is 0.204. The number of aryl methyl sites for hydroxylation is 1. The molecule has 0 aliphatic carbocycles. The fraction of sp³-hybridized carbons (Fsp3) is 0.571. The van der Waals surface area contributed by atoms with E-state index < -0.39 is 10.0 Å². The Hall–Kier alpha value is -0.780. The van der Waals surface area contributed by atoms with E-state index in [2.05, 4.69) is 0 Å². The third-order valence-corrected chi connectivity index (χ3v) is 6.57. The number of rotatable bonds is 2. The average Bonchev–Trinajstić information content (AvgIpc) is 2.34. The molecule has 0 unspecified atom stereocenters. The number of piperidine rings is 1. The summed E-state index contributed by atoms with van der Waals surface area (Å²) in [5.41, 5.74) is 6.79. The third-order valence-electron chi connectivity index (χ3n) is 3.94. The largest absolute Gasteiger partial charge is 0.397 e. The fourth-order valence-corrected chi connectivity index (χ4v) is 5.02. The van der Waals surface area contributed by atoms with Crippen LogP contribution in [-0.4, -0.2) is 24.8 Å². The highest BCUT2D eigenvalue weighted by molar-refractivity contribution is 7.89. The normalized spacial score (nSPS) is 24.8. The van der Waals surface area contributed by atoms with Crippen LogP contribution in [-0.2, 0) is 10.0 Å². The van der Waals surface area contributed by atoms with Crippen molar-refractivity contribution in [3.63, 3.8) is 0 Å². The van der Waals surface area contributed by atoms with Crippen molar-refractivity contribution >= 4 is 27.3 Å². The molecule has 0 bridgehead atoms. The molecule has 2 rings (SSSR count). The van der Waals surface area contributed by atoms with Crippen molar-refractivity contribution in [2.24, 2.45) is 0 Å². The molecule has 1 aliphatic heterocycles. The Morgan fingerprint density at radius 3 is 2.30 bits per heavy atom. The van der Waals surface area contributed by atoms with Crippen LogP contribution in [0.2, 0.25) is 5.02 Å². The van der Waals surface area contributed by atoms with Gasteiger partial charge >= 0.3 is 0 Å². The van der Waals surface area contributed by atoms with Crippen LogP contribution < -0.4 is 5.73 Å². The third kappa shape index (κ3) is 2.67. The van der Waals surface area contributed by atoms with Gasteiger partial charge in [-0.3, -0.25) is 0 Å². The maximum Gasteiger partial charge on any atom is 0.243 e. The van der Waals surface area contributed by atoms with Crippen molar-refractivity contribution in [2.75, 3.05) is 5.73 Å². The highest BCUT2D eigenvalue weighted by atomic mass is 35.5. The summed E-state index contributed by atoms with van der Waals surface area (Å²) in [5, 5.41) is 0.420. The van der Waals surface area contributed by atoms with Crippen molar-refractivity contribution in [1.29, 1.82) is 0 Å². The molecule has 1 aromatic carbocycles. The standard InChI is InChI=1S/C14H21ClN2O2S/c1-9-7-12(8-13(16)14(9)15)20(18,19)17-10(2)5-4-6-11(17)3/h7-8,10-11H,4-6,16H2,1-3H3/t10-,11+. The molecule has 2 atom stereocenters. The lowest BCUT2D eigenvalue weighted by Gasteiger charge is -2.37. The van der Waals surface area contributed by atoms with Crippen molar-refractivity contribution in [3.8, 4) is 0 Å². The highest BCUT2D eigenvalue weighted by Gasteiger charge is 2.35. The number of nitrogens with zero attached hydrogens (tertiary/aromatic N) is 1. The van der Waals surface area contributed by atoms with Gasteiger partial charge < -0.3 is 5.73 Å². The first-order valence-corrected chi connectivity index (χ1v) is 8.66. The SMILES string of the molecule is Cc1cc(S(=O)(=O)N2[C@H](C)CCC[C@@H]2C)cc(N)c1Cl. The summed E-state index contributed by atoms with van der Waals surface area (Å²) in [5.74, 6) is 0. The van der Waals surface area contributed by atoms with Gasteiger partial charge in [0.05, 0.1) is 15.6 Å². The Morgan fingerprint density at radius 2 is 1.80 bits per heavy atom. The van der Waals surface area contributed by atoms with Gasteiger partial charge in [0.15, 0.2) is 0 Å². The number of anilines is 1. The minimum atomic E-state index is -3.53. The van der Waals surface area contributed by atoms with Gasteiger partial charge in [-0.05, 0) is 51.3 Å². The van der Waals surface area contributed by atoms with Gasteiger partial charge in [-0.25, -0.2) is 8.42 Å². The summed E-state index contributed by atoms with van der Waals surface area (Å²) < 4.78 is 27.3. The average molecular weight is 317 g/mol. The van der Waals surface area contributed by atoms with Crippen LogP contribution in [0.5, 0.6) is 0 Å². The molecule has 1 saturated heterocycles. The van der Waals surface area contributed by atoms with Gasteiger partial charge in [-0.15, -0.1) is 0 Å². The van der Waals surface area contributed by atoms with Gasteiger partial charge in [-0.1, -0.05) is 18.0 Å². The monoisotopic (exact) mass is 316 g/mol. The Morgan fingerprint density at radius 1 is 1.25 bits per heavy atom. The lowest BCUT2D eigenvalue weighted by Crippen LogP contribution is -2.47. The molecule has 112 valence electrons. The van der Waals surface area contributed by atoms with Crippen LogP contribution >= 0.6 is 11.6 Å². The number of hydrogen-bond donors (Lipinski definition) is 1. The second-order valence-electron chi connectivity index (χ2n) is 5.61. The quantitative estimate of drug-likeness (QED) is 0.852. The number of nitrogen functional groups attached to an aromatic ring is 1. The molecule has 2 N–H and O–H groups in total.